The summed E-state index contributed by atoms with van der Waals surface area (Å²) in [6.45, 7) is 0. The van der Waals surface area contributed by atoms with E-state index in [-0.39, 0.29) is 16.5 Å². The van der Waals surface area contributed by atoms with Crippen LogP contribution in [0.3, 0.4) is 0 Å². The van der Waals surface area contributed by atoms with E-state index < -0.39 is 4.92 Å². The Hall–Kier alpha value is -2.63. The third-order valence-electron chi connectivity index (χ3n) is 2.99. The van der Waals surface area contributed by atoms with Gasteiger partial charge in [-0.1, -0.05) is 88.7 Å². The number of benzene rings is 3. The van der Waals surface area contributed by atoms with Crippen molar-refractivity contribution in [3.8, 4) is 5.75 Å². The summed E-state index contributed by atoms with van der Waals surface area (Å²) in [5.74, 6) is -0.277. The molecule has 0 aliphatic rings. The van der Waals surface area contributed by atoms with E-state index in [1.165, 1.54) is 28.6 Å². The summed E-state index contributed by atoms with van der Waals surface area (Å²) < 4.78 is 0. The zero-order chi connectivity index (χ0) is 17.4. The monoisotopic (exact) mass is 355 g/mol. The number of hydrogen-bond acceptors (Lipinski definition) is 3. The Kier molecular flexibility index (Phi) is 6.54. The van der Waals surface area contributed by atoms with Crippen LogP contribution in [-0.2, 0) is 0 Å². The van der Waals surface area contributed by atoms with Gasteiger partial charge < -0.3 is 5.11 Å². The molecule has 0 atom stereocenters. The molecule has 0 saturated heterocycles. The highest BCUT2D eigenvalue weighted by Crippen LogP contribution is 2.31. The van der Waals surface area contributed by atoms with Gasteiger partial charge in [0.2, 0.25) is 0 Å². The van der Waals surface area contributed by atoms with Gasteiger partial charge in [0.25, 0.3) is 5.69 Å². The standard InChI is InChI=1S/C12H10Si.C6H4ClNO3/c1-3-7-11(8-4-1)13-12-9-5-2-6-10-12;7-6-4(8(10)11)2-1-3-5(6)9/h1-10H;1-3,9H. The lowest BCUT2D eigenvalue weighted by Crippen LogP contribution is -2.26. The van der Waals surface area contributed by atoms with Crippen LogP contribution in [0.5, 0.6) is 5.75 Å². The molecule has 0 aromatic heterocycles. The molecule has 4 nitrogen and oxygen atoms in total. The highest BCUT2D eigenvalue weighted by Gasteiger charge is 2.13. The highest BCUT2D eigenvalue weighted by atomic mass is 35.5. The van der Waals surface area contributed by atoms with Crippen molar-refractivity contribution >= 4 is 37.2 Å². The fraction of sp³-hybridized carbons (Fsp3) is 0. The number of hydrogen-bond donors (Lipinski definition) is 1. The molecule has 0 aliphatic heterocycles. The van der Waals surface area contributed by atoms with Crippen LogP contribution in [0.4, 0.5) is 5.69 Å². The fourth-order valence-electron chi connectivity index (χ4n) is 1.86. The maximum Gasteiger partial charge on any atom is 0.291 e. The van der Waals surface area contributed by atoms with Gasteiger partial charge in [0, 0.05) is 6.07 Å². The zero-order valence-corrected chi connectivity index (χ0v) is 14.4. The minimum atomic E-state index is -0.651. The first-order valence-electron chi connectivity index (χ1n) is 7.07. The van der Waals surface area contributed by atoms with Crippen molar-refractivity contribution in [1.29, 1.82) is 0 Å². The maximum atomic E-state index is 10.2. The second-order valence-corrected chi connectivity index (χ2v) is 6.51. The molecule has 0 bridgehead atoms. The van der Waals surface area contributed by atoms with Gasteiger partial charge in [-0.25, -0.2) is 0 Å². The second-order valence-electron chi connectivity index (χ2n) is 4.72. The van der Waals surface area contributed by atoms with E-state index in [4.69, 9.17) is 16.7 Å². The topological polar surface area (TPSA) is 63.4 Å². The number of nitro benzene ring substituents is 1. The number of aromatic hydroxyl groups is 1. The molecule has 0 heterocycles. The van der Waals surface area contributed by atoms with Crippen LogP contribution in [0.1, 0.15) is 0 Å². The van der Waals surface area contributed by atoms with Gasteiger partial charge in [-0.15, -0.1) is 0 Å². The maximum absolute atomic E-state index is 10.2. The Morgan fingerprint density at radius 3 is 1.75 bits per heavy atom. The summed E-state index contributed by atoms with van der Waals surface area (Å²) in [6.07, 6.45) is 0. The van der Waals surface area contributed by atoms with Gasteiger partial charge in [0.15, 0.2) is 5.02 Å². The molecule has 0 saturated carbocycles. The van der Waals surface area contributed by atoms with Gasteiger partial charge in [0.1, 0.15) is 15.3 Å². The lowest BCUT2D eigenvalue weighted by Gasteiger charge is -1.98. The lowest BCUT2D eigenvalue weighted by atomic mass is 10.3. The molecule has 24 heavy (non-hydrogen) atoms. The third kappa shape index (κ3) is 5.22. The number of nitro groups is 1. The molecule has 0 aliphatic carbocycles. The average molecular weight is 356 g/mol. The number of phenolic OH excluding ortho intramolecular Hbond substituents is 1. The Morgan fingerprint density at radius 2 is 1.33 bits per heavy atom. The molecule has 0 spiro atoms. The Balaban J connectivity index is 0.000000177. The number of phenols is 1. The number of rotatable bonds is 3. The van der Waals surface area contributed by atoms with Crippen LogP contribution in [-0.4, -0.2) is 19.5 Å². The third-order valence-corrected chi connectivity index (χ3v) is 4.62. The minimum absolute atomic E-state index is 0.225. The van der Waals surface area contributed by atoms with E-state index in [1.807, 2.05) is 0 Å². The van der Waals surface area contributed by atoms with Crippen LogP contribution in [0.15, 0.2) is 78.9 Å². The second kappa shape index (κ2) is 8.86. The van der Waals surface area contributed by atoms with Gasteiger partial charge in [-0.05, 0) is 6.07 Å². The minimum Gasteiger partial charge on any atom is -0.506 e. The van der Waals surface area contributed by atoms with Gasteiger partial charge in [0.05, 0.1) is 4.92 Å². The van der Waals surface area contributed by atoms with Crippen molar-refractivity contribution in [3.63, 3.8) is 0 Å². The van der Waals surface area contributed by atoms with Crippen LogP contribution in [0, 0.1) is 10.1 Å². The summed E-state index contributed by atoms with van der Waals surface area (Å²) in [7, 11) is 0.777. The van der Waals surface area contributed by atoms with E-state index in [2.05, 4.69) is 60.7 Å². The van der Waals surface area contributed by atoms with Crippen molar-refractivity contribution in [1.82, 2.24) is 0 Å². The van der Waals surface area contributed by atoms with Crippen molar-refractivity contribution in [3.05, 3.63) is 94.0 Å². The van der Waals surface area contributed by atoms with Crippen molar-refractivity contribution < 1.29 is 10.0 Å². The van der Waals surface area contributed by atoms with Crippen molar-refractivity contribution in [2.75, 3.05) is 0 Å². The summed E-state index contributed by atoms with van der Waals surface area (Å²) in [5, 5.41) is 21.7. The normalized spacial score (nSPS) is 9.71. The van der Waals surface area contributed by atoms with Crippen molar-refractivity contribution in [2.24, 2.45) is 0 Å². The molecular weight excluding hydrogens is 342 g/mol. The summed E-state index contributed by atoms with van der Waals surface area (Å²) >= 11 is 5.40. The predicted octanol–water partition coefficient (Wildman–Crippen LogP) is 3.30. The van der Waals surface area contributed by atoms with E-state index in [0.29, 0.717) is 0 Å². The average Bonchev–Trinajstić information content (AvgIpc) is 2.59. The first kappa shape index (κ1) is 17.7. The SMILES string of the molecule is O=[N+]([O-])c1cccc(O)c1Cl.c1ccc([Si]c2ccccc2)cc1. The summed E-state index contributed by atoms with van der Waals surface area (Å²) in [5.41, 5.74) is -0.285. The van der Waals surface area contributed by atoms with E-state index >= 15 is 0 Å². The smallest absolute Gasteiger partial charge is 0.291 e. The molecule has 0 unspecified atom stereocenters. The molecule has 0 fully saturated rings. The summed E-state index contributed by atoms with van der Waals surface area (Å²) in [6, 6.07) is 25.0. The molecule has 1 N–H and O–H groups in total. The van der Waals surface area contributed by atoms with Gasteiger partial charge in [-0.2, -0.15) is 0 Å². The Morgan fingerprint density at radius 1 is 0.833 bits per heavy atom. The molecule has 3 aromatic carbocycles. The van der Waals surface area contributed by atoms with Gasteiger partial charge >= 0.3 is 0 Å². The Labute approximate surface area is 147 Å². The fourth-order valence-corrected chi connectivity index (χ4v) is 3.11. The number of nitrogens with zero attached hydrogens (tertiary/aromatic N) is 1. The molecule has 3 rings (SSSR count). The quantitative estimate of drug-likeness (QED) is 0.445. The first-order chi connectivity index (χ1) is 11.6. The summed E-state index contributed by atoms with van der Waals surface area (Å²) in [4.78, 5) is 9.53. The first-order valence-corrected chi connectivity index (χ1v) is 8.44. The highest BCUT2D eigenvalue weighted by molar-refractivity contribution is 6.67. The molecule has 120 valence electrons. The largest absolute Gasteiger partial charge is 0.506 e. The van der Waals surface area contributed by atoms with Crippen molar-refractivity contribution in [2.45, 2.75) is 0 Å². The lowest BCUT2D eigenvalue weighted by molar-refractivity contribution is -0.384. The molecule has 6 heteroatoms. The van der Waals surface area contributed by atoms with Crippen LogP contribution in [0.2, 0.25) is 5.02 Å². The van der Waals surface area contributed by atoms with E-state index in [9.17, 15) is 10.1 Å². The van der Waals surface area contributed by atoms with Crippen LogP contribution < -0.4 is 10.4 Å². The molecular formula is C18H14ClNO3Si. The Bertz CT molecular complexity index is 760. The van der Waals surface area contributed by atoms with Crippen LogP contribution >= 0.6 is 11.6 Å². The zero-order valence-electron chi connectivity index (χ0n) is 12.6. The molecule has 0 amide bonds. The van der Waals surface area contributed by atoms with Crippen LogP contribution in [0.25, 0.3) is 0 Å². The van der Waals surface area contributed by atoms with E-state index in [1.54, 1.807) is 0 Å². The number of halogens is 1. The molecule has 2 radical (unpaired) electrons. The van der Waals surface area contributed by atoms with E-state index in [0.717, 1.165) is 9.52 Å². The van der Waals surface area contributed by atoms with Gasteiger partial charge in [-0.3, -0.25) is 10.1 Å². The molecule has 3 aromatic rings. The predicted molar refractivity (Wildman–Crippen MR) is 97.7 cm³/mol.